The Hall–Kier alpha value is -3.96. The van der Waals surface area contributed by atoms with Crippen LogP contribution in [-0.2, 0) is 9.53 Å². The first-order valence-electron chi connectivity index (χ1n) is 12.3. The highest BCUT2D eigenvalue weighted by molar-refractivity contribution is 7.09. The Morgan fingerprint density at radius 2 is 1.89 bits per heavy atom. The summed E-state index contributed by atoms with van der Waals surface area (Å²) >= 11 is 0.779. The number of nitrogens with one attached hydrogen (secondary N) is 1. The minimum Gasteiger partial charge on any atom is -0.395 e. The van der Waals surface area contributed by atoms with Crippen LogP contribution in [0.1, 0.15) is 50.2 Å². The average molecular weight is 537 g/mol. The Morgan fingerprint density at radius 3 is 2.47 bits per heavy atom. The number of ether oxygens (including phenoxy) is 1. The molecule has 0 spiro atoms. The molecule has 10 nitrogen and oxygen atoms in total. The lowest BCUT2D eigenvalue weighted by molar-refractivity contribution is -0.123. The number of hydrogen-bond donors (Lipinski definition) is 3. The largest absolute Gasteiger partial charge is 0.395 e. The van der Waals surface area contributed by atoms with Crippen LogP contribution in [0.4, 0.5) is 17.1 Å². The third-order valence-electron chi connectivity index (χ3n) is 6.41. The van der Waals surface area contributed by atoms with E-state index < -0.39 is 17.9 Å². The number of nitrogens with two attached hydrogens (primary N) is 2. The fourth-order valence-corrected chi connectivity index (χ4v) is 5.13. The van der Waals surface area contributed by atoms with Crippen molar-refractivity contribution in [2.75, 3.05) is 42.8 Å². The summed E-state index contributed by atoms with van der Waals surface area (Å²) in [5, 5.41) is 2.98. The van der Waals surface area contributed by atoms with Crippen LogP contribution in [0.15, 0.2) is 48.5 Å². The average Bonchev–Trinajstić information content (AvgIpc) is 3.55. The van der Waals surface area contributed by atoms with E-state index >= 15 is 0 Å². The monoisotopic (exact) mass is 536 g/mol. The summed E-state index contributed by atoms with van der Waals surface area (Å²) < 4.78 is 9.68. The predicted octanol–water partition coefficient (Wildman–Crippen LogP) is 2.88. The minimum atomic E-state index is -1.04. The van der Waals surface area contributed by atoms with E-state index in [1.165, 1.54) is 4.90 Å². The summed E-state index contributed by atoms with van der Waals surface area (Å²) in [4.78, 5) is 43.1. The minimum absolute atomic E-state index is 0.0298. The topological polar surface area (TPSA) is 144 Å². The highest BCUT2D eigenvalue weighted by atomic mass is 32.1. The molecular formula is C27H32N6O4S. The lowest BCUT2D eigenvalue weighted by Crippen LogP contribution is -2.45. The van der Waals surface area contributed by atoms with E-state index in [1.807, 2.05) is 68.4 Å². The van der Waals surface area contributed by atoms with Crippen LogP contribution in [0.2, 0.25) is 0 Å². The van der Waals surface area contributed by atoms with Gasteiger partial charge in [-0.1, -0.05) is 24.3 Å². The molecule has 2 aromatic carbocycles. The van der Waals surface area contributed by atoms with Crippen molar-refractivity contribution < 1.29 is 19.1 Å². The molecule has 0 saturated carbocycles. The van der Waals surface area contributed by atoms with Gasteiger partial charge in [0.15, 0.2) is 5.69 Å². The van der Waals surface area contributed by atoms with Crippen molar-refractivity contribution in [2.24, 2.45) is 5.73 Å². The number of benzene rings is 2. The van der Waals surface area contributed by atoms with E-state index in [2.05, 4.69) is 9.69 Å². The van der Waals surface area contributed by atoms with E-state index in [4.69, 9.17) is 16.2 Å². The Kier molecular flexibility index (Phi) is 8.28. The molecule has 1 saturated heterocycles. The molecule has 1 aromatic heterocycles. The van der Waals surface area contributed by atoms with Crippen LogP contribution in [0, 0.1) is 6.92 Å². The van der Waals surface area contributed by atoms with Gasteiger partial charge in [-0.25, -0.2) is 0 Å². The van der Waals surface area contributed by atoms with Crippen molar-refractivity contribution >= 4 is 46.3 Å². The van der Waals surface area contributed by atoms with E-state index in [-0.39, 0.29) is 28.3 Å². The molecule has 0 aliphatic carbocycles. The Bertz CT molecular complexity index is 1320. The summed E-state index contributed by atoms with van der Waals surface area (Å²) in [6, 6.07) is 13.7. The molecule has 1 fully saturated rings. The summed E-state index contributed by atoms with van der Waals surface area (Å²) in [7, 11) is 3.85. The van der Waals surface area contributed by atoms with Gasteiger partial charge in [-0.05, 0) is 66.7 Å². The van der Waals surface area contributed by atoms with Crippen LogP contribution < -0.4 is 26.6 Å². The zero-order valence-corrected chi connectivity index (χ0v) is 22.5. The highest BCUT2D eigenvalue weighted by Crippen LogP contribution is 2.34. The Balaban J connectivity index is 1.82. The van der Waals surface area contributed by atoms with Gasteiger partial charge in [0.2, 0.25) is 5.91 Å². The zero-order valence-electron chi connectivity index (χ0n) is 21.6. The first-order valence-corrected chi connectivity index (χ1v) is 13.1. The van der Waals surface area contributed by atoms with Crippen molar-refractivity contribution in [1.29, 1.82) is 0 Å². The second-order valence-corrected chi connectivity index (χ2v) is 10.2. The number of nitrogen functional groups attached to an aromatic ring is 1. The molecule has 1 aliphatic rings. The number of amides is 3. The van der Waals surface area contributed by atoms with Gasteiger partial charge < -0.3 is 26.4 Å². The quantitative estimate of drug-likeness (QED) is 0.381. The van der Waals surface area contributed by atoms with Gasteiger partial charge in [-0.2, -0.15) is 4.37 Å². The van der Waals surface area contributed by atoms with Crippen LogP contribution in [0.5, 0.6) is 0 Å². The molecule has 3 amide bonds. The number of nitrogens with zero attached hydrogens (tertiary/aromatic N) is 3. The molecule has 0 bridgehead atoms. The lowest BCUT2D eigenvalue weighted by Gasteiger charge is -2.32. The van der Waals surface area contributed by atoms with E-state index in [0.29, 0.717) is 24.4 Å². The number of anilines is 3. The molecule has 2 atom stereocenters. The SMILES string of the molecule is Cc1cccc(N(C(=O)c2snc(C(N)=O)c2N)[C@@H](C(=O)NC[C@@H]2CCCO2)c2ccc(N(C)C)cc2)c1. The van der Waals surface area contributed by atoms with Gasteiger partial charge in [0.25, 0.3) is 11.8 Å². The third-order valence-corrected chi connectivity index (χ3v) is 7.26. The maximum atomic E-state index is 14.1. The number of carbonyl (C=O) groups is 3. The highest BCUT2D eigenvalue weighted by Gasteiger charge is 2.36. The smallest absolute Gasteiger partial charge is 0.273 e. The van der Waals surface area contributed by atoms with Crippen LogP contribution in [0.3, 0.4) is 0 Å². The van der Waals surface area contributed by atoms with Crippen LogP contribution >= 0.6 is 11.5 Å². The van der Waals surface area contributed by atoms with Crippen molar-refractivity contribution in [3.05, 3.63) is 70.2 Å². The molecule has 0 unspecified atom stereocenters. The number of aryl methyl sites for hydroxylation is 1. The molecular weight excluding hydrogens is 504 g/mol. The van der Waals surface area contributed by atoms with Gasteiger partial charge in [0.1, 0.15) is 10.9 Å². The molecule has 5 N–H and O–H groups in total. The molecule has 1 aliphatic heterocycles. The summed E-state index contributed by atoms with van der Waals surface area (Å²) in [6.07, 6.45) is 1.72. The summed E-state index contributed by atoms with van der Waals surface area (Å²) in [6.45, 7) is 2.89. The fourth-order valence-electron chi connectivity index (χ4n) is 4.39. The molecule has 0 radical (unpaired) electrons. The first kappa shape index (κ1) is 27.1. The Morgan fingerprint density at radius 1 is 1.16 bits per heavy atom. The maximum absolute atomic E-state index is 14.1. The molecule has 4 rings (SSSR count). The third kappa shape index (κ3) is 5.79. The maximum Gasteiger partial charge on any atom is 0.273 e. The fraction of sp³-hybridized carbons (Fsp3) is 0.333. The molecule has 200 valence electrons. The second kappa shape index (κ2) is 11.6. The lowest BCUT2D eigenvalue weighted by atomic mass is 10.0. The van der Waals surface area contributed by atoms with E-state index in [1.54, 1.807) is 6.07 Å². The summed E-state index contributed by atoms with van der Waals surface area (Å²) in [5.74, 6) is -1.76. The molecule has 2 heterocycles. The van der Waals surface area contributed by atoms with Gasteiger partial charge >= 0.3 is 0 Å². The van der Waals surface area contributed by atoms with E-state index in [0.717, 1.165) is 35.6 Å². The number of primary amides is 1. The zero-order chi connectivity index (χ0) is 27.4. The van der Waals surface area contributed by atoms with Gasteiger partial charge in [-0.15, -0.1) is 0 Å². The van der Waals surface area contributed by atoms with Crippen molar-refractivity contribution in [2.45, 2.75) is 31.9 Å². The van der Waals surface area contributed by atoms with Crippen LogP contribution in [-0.4, -0.2) is 55.4 Å². The first-order chi connectivity index (χ1) is 18.2. The summed E-state index contributed by atoms with van der Waals surface area (Å²) in [5.41, 5.74) is 14.2. The molecule has 11 heteroatoms. The van der Waals surface area contributed by atoms with Crippen molar-refractivity contribution in [3.63, 3.8) is 0 Å². The second-order valence-electron chi connectivity index (χ2n) is 9.42. The molecule has 38 heavy (non-hydrogen) atoms. The standard InChI is InChI=1S/C27H32N6O4S/c1-16-6-4-7-19(14-16)33(27(36)24-21(28)22(25(29)34)31-38-24)23(17-9-11-18(12-10-17)32(2)3)26(35)30-15-20-8-5-13-37-20/h4,6-7,9-12,14,20,23H,5,8,13,15,28H2,1-3H3,(H2,29,34)(H,30,35)/t20-,23+/m0/s1. The van der Waals surface area contributed by atoms with E-state index in [9.17, 15) is 14.4 Å². The van der Waals surface area contributed by atoms with Gasteiger partial charge in [0, 0.05) is 38.6 Å². The molecule has 3 aromatic rings. The number of carbonyl (C=O) groups excluding carboxylic acids is 3. The van der Waals surface area contributed by atoms with Crippen molar-refractivity contribution in [3.8, 4) is 0 Å². The number of aromatic nitrogens is 1. The van der Waals surface area contributed by atoms with Crippen LogP contribution in [0.25, 0.3) is 0 Å². The van der Waals surface area contributed by atoms with Gasteiger partial charge in [0.05, 0.1) is 11.8 Å². The number of hydrogen-bond acceptors (Lipinski definition) is 8. The van der Waals surface area contributed by atoms with Crippen molar-refractivity contribution in [1.82, 2.24) is 9.69 Å². The predicted molar refractivity (Wildman–Crippen MR) is 149 cm³/mol. The van der Waals surface area contributed by atoms with Gasteiger partial charge in [-0.3, -0.25) is 19.3 Å². The Labute approximate surface area is 225 Å². The normalized spacial score (nSPS) is 15.6. The number of rotatable bonds is 9.